The van der Waals surface area contributed by atoms with Gasteiger partial charge in [0, 0.05) is 5.92 Å². The number of hydrogen-bond donors (Lipinski definition) is 2. The number of hydrogen-bond acceptors (Lipinski definition) is 5. The Hall–Kier alpha value is -3.35. The van der Waals surface area contributed by atoms with E-state index in [2.05, 4.69) is 9.97 Å². The predicted molar refractivity (Wildman–Crippen MR) is 94.5 cm³/mol. The van der Waals surface area contributed by atoms with Gasteiger partial charge in [0.25, 0.3) is 5.91 Å². The van der Waals surface area contributed by atoms with Gasteiger partial charge < -0.3 is 14.5 Å². The third-order valence-corrected chi connectivity index (χ3v) is 4.42. The summed E-state index contributed by atoms with van der Waals surface area (Å²) in [6, 6.07) is 9.81. The minimum Gasteiger partial charge on any atom is -0.503 e. The quantitative estimate of drug-likeness (QED) is 0.751. The van der Waals surface area contributed by atoms with Crippen LogP contribution < -0.4 is 4.90 Å². The molecule has 1 atom stereocenters. The van der Waals surface area contributed by atoms with Crippen molar-refractivity contribution in [2.45, 2.75) is 19.9 Å². The van der Waals surface area contributed by atoms with Crippen molar-refractivity contribution in [1.29, 1.82) is 0 Å². The molecule has 7 nitrogen and oxygen atoms in total. The zero-order chi connectivity index (χ0) is 18.4. The number of carbonyl (C=O) groups is 2. The average Bonchev–Trinajstić information content (AvgIpc) is 3.33. The van der Waals surface area contributed by atoms with Gasteiger partial charge in [0.15, 0.2) is 11.5 Å². The number of Topliss-reactive ketones (excluding diaryl/α,β-unsaturated/α-hetero) is 1. The maximum Gasteiger partial charge on any atom is 0.296 e. The largest absolute Gasteiger partial charge is 0.503 e. The third-order valence-electron chi connectivity index (χ3n) is 4.42. The van der Waals surface area contributed by atoms with Crippen LogP contribution in [0.3, 0.4) is 0 Å². The van der Waals surface area contributed by atoms with Gasteiger partial charge in [0.1, 0.15) is 11.8 Å². The molecule has 1 aliphatic rings. The molecule has 3 heterocycles. The predicted octanol–water partition coefficient (Wildman–Crippen LogP) is 3.28. The van der Waals surface area contributed by atoms with Gasteiger partial charge in [-0.05, 0) is 24.3 Å². The Morgan fingerprint density at radius 3 is 2.69 bits per heavy atom. The molecular formula is C19H17N3O4. The standard InChI is InChI=1S/C19H17N3O4/c1-10(2)16(23)14-15(13-8-5-9-26-13)22(18(25)17(14)24)19-20-11-6-3-4-7-12(11)21-19/h3-10,15,24H,1-2H3,(H,20,21). The van der Waals surface area contributed by atoms with Crippen molar-refractivity contribution < 1.29 is 19.1 Å². The zero-order valence-electron chi connectivity index (χ0n) is 14.3. The molecule has 2 N–H and O–H groups in total. The van der Waals surface area contributed by atoms with Crippen molar-refractivity contribution >= 4 is 28.7 Å². The number of benzene rings is 1. The Morgan fingerprint density at radius 1 is 1.27 bits per heavy atom. The number of aromatic amines is 1. The zero-order valence-corrected chi connectivity index (χ0v) is 14.3. The number of para-hydroxylation sites is 2. The maximum absolute atomic E-state index is 12.8. The molecule has 1 aliphatic heterocycles. The fourth-order valence-corrected chi connectivity index (χ4v) is 3.16. The minimum atomic E-state index is -0.868. The number of imidazole rings is 1. The molecule has 26 heavy (non-hydrogen) atoms. The number of ketones is 1. The van der Waals surface area contributed by atoms with Crippen LogP contribution in [0.15, 0.2) is 58.4 Å². The highest BCUT2D eigenvalue weighted by molar-refractivity contribution is 6.16. The SMILES string of the molecule is CC(C)C(=O)C1=C(O)C(=O)N(c2nc3ccccc3[nH]2)C1c1ccco1. The highest BCUT2D eigenvalue weighted by atomic mass is 16.3. The molecule has 0 bridgehead atoms. The number of H-pyrrole nitrogens is 1. The van der Waals surface area contributed by atoms with E-state index in [1.165, 1.54) is 11.2 Å². The normalized spacial score (nSPS) is 17.7. The van der Waals surface area contributed by atoms with E-state index < -0.39 is 17.7 Å². The van der Waals surface area contributed by atoms with Crippen LogP contribution in [-0.4, -0.2) is 26.8 Å². The third kappa shape index (κ3) is 2.32. The van der Waals surface area contributed by atoms with Crippen molar-refractivity contribution in [2.75, 3.05) is 4.90 Å². The Bertz CT molecular complexity index is 997. The lowest BCUT2D eigenvalue weighted by atomic mass is 9.94. The maximum atomic E-state index is 12.8. The molecular weight excluding hydrogens is 334 g/mol. The van der Waals surface area contributed by atoms with Gasteiger partial charge in [-0.1, -0.05) is 26.0 Å². The monoisotopic (exact) mass is 351 g/mol. The fraction of sp³-hybridized carbons (Fsp3) is 0.211. The van der Waals surface area contributed by atoms with Gasteiger partial charge in [-0.3, -0.25) is 14.5 Å². The summed E-state index contributed by atoms with van der Waals surface area (Å²) < 4.78 is 5.47. The van der Waals surface area contributed by atoms with E-state index in [1.807, 2.05) is 24.3 Å². The van der Waals surface area contributed by atoms with E-state index in [9.17, 15) is 14.7 Å². The molecule has 1 amide bonds. The highest BCUT2D eigenvalue weighted by Crippen LogP contribution is 2.41. The number of nitrogens with zero attached hydrogens (tertiary/aromatic N) is 2. The second-order valence-electron chi connectivity index (χ2n) is 6.45. The lowest BCUT2D eigenvalue weighted by Crippen LogP contribution is -2.32. The van der Waals surface area contributed by atoms with Crippen molar-refractivity contribution in [3.8, 4) is 0 Å². The second kappa shape index (κ2) is 5.87. The minimum absolute atomic E-state index is 0.0282. The number of aromatic nitrogens is 2. The molecule has 2 aromatic heterocycles. The number of rotatable bonds is 4. The molecule has 3 aromatic rings. The van der Waals surface area contributed by atoms with Crippen LogP contribution in [0.4, 0.5) is 5.95 Å². The number of aliphatic hydroxyl groups excluding tert-OH is 1. The van der Waals surface area contributed by atoms with Gasteiger partial charge in [0.2, 0.25) is 5.95 Å². The van der Waals surface area contributed by atoms with Crippen molar-refractivity contribution in [3.05, 3.63) is 59.8 Å². The number of nitrogens with one attached hydrogen (secondary N) is 1. The first kappa shape index (κ1) is 16.1. The Morgan fingerprint density at radius 2 is 2.04 bits per heavy atom. The van der Waals surface area contributed by atoms with Gasteiger partial charge in [-0.15, -0.1) is 0 Å². The highest BCUT2D eigenvalue weighted by Gasteiger charge is 2.47. The first-order valence-corrected chi connectivity index (χ1v) is 8.28. The number of amides is 1. The summed E-state index contributed by atoms with van der Waals surface area (Å²) in [6.07, 6.45) is 1.46. The topological polar surface area (TPSA) is 99.4 Å². The Labute approximate surface area is 148 Å². The fourth-order valence-electron chi connectivity index (χ4n) is 3.16. The van der Waals surface area contributed by atoms with E-state index in [-0.39, 0.29) is 23.2 Å². The molecule has 1 unspecified atom stereocenters. The Balaban J connectivity index is 1.88. The molecule has 132 valence electrons. The van der Waals surface area contributed by atoms with Crippen LogP contribution in [-0.2, 0) is 9.59 Å². The van der Waals surface area contributed by atoms with E-state index in [4.69, 9.17) is 4.42 Å². The second-order valence-corrected chi connectivity index (χ2v) is 6.45. The lowest BCUT2D eigenvalue weighted by Gasteiger charge is -2.22. The van der Waals surface area contributed by atoms with Crippen molar-refractivity contribution in [3.63, 3.8) is 0 Å². The van der Waals surface area contributed by atoms with Crippen molar-refractivity contribution in [1.82, 2.24) is 9.97 Å². The average molecular weight is 351 g/mol. The summed E-state index contributed by atoms with van der Waals surface area (Å²) in [5, 5.41) is 10.4. The molecule has 0 fully saturated rings. The molecule has 0 saturated heterocycles. The van der Waals surface area contributed by atoms with E-state index >= 15 is 0 Å². The van der Waals surface area contributed by atoms with E-state index in [0.29, 0.717) is 11.3 Å². The molecule has 4 rings (SSSR count). The number of carbonyl (C=O) groups excluding carboxylic acids is 2. The van der Waals surface area contributed by atoms with Crippen LogP contribution in [0, 0.1) is 5.92 Å². The summed E-state index contributed by atoms with van der Waals surface area (Å²) in [6.45, 7) is 3.44. The number of anilines is 1. The van der Waals surface area contributed by atoms with E-state index in [1.54, 1.807) is 26.0 Å². The number of furan rings is 1. The summed E-state index contributed by atoms with van der Waals surface area (Å²) in [4.78, 5) is 34.3. The molecule has 1 aromatic carbocycles. The van der Waals surface area contributed by atoms with Gasteiger partial charge >= 0.3 is 0 Å². The van der Waals surface area contributed by atoms with Crippen LogP contribution in [0.25, 0.3) is 11.0 Å². The molecule has 0 aliphatic carbocycles. The molecule has 7 heteroatoms. The molecule has 0 saturated carbocycles. The van der Waals surface area contributed by atoms with E-state index in [0.717, 1.165) is 5.52 Å². The van der Waals surface area contributed by atoms with Crippen LogP contribution >= 0.6 is 0 Å². The van der Waals surface area contributed by atoms with Crippen LogP contribution in [0.5, 0.6) is 0 Å². The van der Waals surface area contributed by atoms with Crippen LogP contribution in [0.1, 0.15) is 25.6 Å². The van der Waals surface area contributed by atoms with Gasteiger partial charge in [-0.2, -0.15) is 0 Å². The lowest BCUT2D eigenvalue weighted by molar-refractivity contribution is -0.119. The summed E-state index contributed by atoms with van der Waals surface area (Å²) >= 11 is 0. The summed E-state index contributed by atoms with van der Waals surface area (Å²) in [5.41, 5.74) is 1.45. The smallest absolute Gasteiger partial charge is 0.296 e. The Kier molecular flexibility index (Phi) is 3.64. The number of aliphatic hydroxyl groups is 1. The first-order chi connectivity index (χ1) is 12.5. The van der Waals surface area contributed by atoms with Gasteiger partial charge in [-0.25, -0.2) is 4.98 Å². The summed E-state index contributed by atoms with van der Waals surface area (Å²) in [5.74, 6) is -1.31. The van der Waals surface area contributed by atoms with Crippen molar-refractivity contribution in [2.24, 2.45) is 5.92 Å². The van der Waals surface area contributed by atoms with Crippen LogP contribution in [0.2, 0.25) is 0 Å². The molecule has 0 spiro atoms. The summed E-state index contributed by atoms with van der Waals surface area (Å²) in [7, 11) is 0. The number of fused-ring (bicyclic) bond motifs is 1. The first-order valence-electron chi connectivity index (χ1n) is 8.28. The van der Waals surface area contributed by atoms with Gasteiger partial charge in [0.05, 0.1) is 22.9 Å². The molecule has 0 radical (unpaired) electrons.